The van der Waals surface area contributed by atoms with Crippen LogP contribution in [0, 0.1) is 6.92 Å². The van der Waals surface area contributed by atoms with Crippen molar-refractivity contribution in [3.8, 4) is 17.2 Å². The Morgan fingerprint density at radius 2 is 1.09 bits per heavy atom. The molecule has 0 radical (unpaired) electrons. The Balaban J connectivity index is 0.000000184. The molecular weight excluding hydrogens is 895 g/mol. The van der Waals surface area contributed by atoms with Gasteiger partial charge < -0.3 is 38.0 Å². The molecule has 12 nitrogen and oxygen atoms in total. The van der Waals surface area contributed by atoms with E-state index in [0.717, 1.165) is 35.9 Å². The SMILES string of the molecule is COc1cc(C(=O)N2CCC3(CC2)c2ccc(C(F)(F)F)n2CCN3C=O)ccc1OC(C)C.Cc1cc(C(=O)N2CCC3(CC2)c2ccc(C(F)(F)F)n2CCN3C2CC2)ccc1OC(C)C. The number of amides is 3. The maximum atomic E-state index is 13.6. The third-order valence-electron chi connectivity index (χ3n) is 14.2. The van der Waals surface area contributed by atoms with Gasteiger partial charge in [0.2, 0.25) is 6.41 Å². The highest BCUT2D eigenvalue weighted by Crippen LogP contribution is 2.49. The van der Waals surface area contributed by atoms with Crippen LogP contribution in [0.1, 0.15) is 115 Å². The predicted molar refractivity (Wildman–Crippen MR) is 241 cm³/mol. The van der Waals surface area contributed by atoms with Gasteiger partial charge in [-0.1, -0.05) is 0 Å². The minimum atomic E-state index is -4.47. The third kappa shape index (κ3) is 9.28. The van der Waals surface area contributed by atoms with Gasteiger partial charge in [-0.05, 0) is 139 Å². The van der Waals surface area contributed by atoms with Gasteiger partial charge in [0, 0.05) is 80.9 Å². The molecule has 1 aliphatic carbocycles. The van der Waals surface area contributed by atoms with Gasteiger partial charge in [-0.2, -0.15) is 26.3 Å². The largest absolute Gasteiger partial charge is 0.493 e. The van der Waals surface area contributed by atoms with Crippen LogP contribution >= 0.6 is 0 Å². The van der Waals surface area contributed by atoms with E-state index in [9.17, 15) is 40.7 Å². The van der Waals surface area contributed by atoms with E-state index >= 15 is 0 Å². The molecule has 3 amide bonds. The molecule has 3 fully saturated rings. The number of alkyl halides is 6. The number of benzene rings is 2. The molecule has 2 aromatic carbocycles. The number of carbonyl (C=O) groups excluding carboxylic acids is 3. The molecule has 2 aromatic heterocycles. The summed E-state index contributed by atoms with van der Waals surface area (Å²) in [7, 11) is 1.50. The molecule has 368 valence electrons. The van der Waals surface area contributed by atoms with Crippen molar-refractivity contribution in [1.82, 2.24) is 28.7 Å². The Morgan fingerprint density at radius 1 is 0.618 bits per heavy atom. The maximum absolute atomic E-state index is 13.6. The molecule has 68 heavy (non-hydrogen) atoms. The lowest BCUT2D eigenvalue weighted by Gasteiger charge is -2.52. The number of aromatic nitrogens is 2. The third-order valence-corrected chi connectivity index (χ3v) is 14.2. The molecule has 9 rings (SSSR count). The lowest BCUT2D eigenvalue weighted by Crippen LogP contribution is -2.58. The predicted octanol–water partition coefficient (Wildman–Crippen LogP) is 9.12. The Morgan fingerprint density at radius 3 is 1.56 bits per heavy atom. The normalized spacial score (nSPS) is 19.1. The van der Waals surface area contributed by atoms with Gasteiger partial charge in [0.1, 0.15) is 17.1 Å². The zero-order valence-corrected chi connectivity index (χ0v) is 39.4. The molecule has 0 unspecified atom stereocenters. The number of rotatable bonds is 9. The van der Waals surface area contributed by atoms with E-state index in [1.54, 1.807) is 40.1 Å². The number of aryl methyl sites for hydroxylation is 1. The topological polar surface area (TPSA) is 102 Å². The van der Waals surface area contributed by atoms with Crippen molar-refractivity contribution < 1.29 is 54.9 Å². The summed E-state index contributed by atoms with van der Waals surface area (Å²) in [5, 5.41) is 0. The number of hydrogen-bond acceptors (Lipinski definition) is 7. The van der Waals surface area contributed by atoms with Crippen molar-refractivity contribution in [3.63, 3.8) is 0 Å². The second-order valence-electron chi connectivity index (χ2n) is 19.1. The smallest absolute Gasteiger partial charge is 0.431 e. The number of methoxy groups -OCH3 is 1. The highest BCUT2D eigenvalue weighted by Gasteiger charge is 2.53. The molecule has 2 spiro atoms. The fourth-order valence-corrected chi connectivity index (χ4v) is 10.9. The van der Waals surface area contributed by atoms with E-state index in [2.05, 4.69) is 4.90 Å². The summed E-state index contributed by atoms with van der Waals surface area (Å²) in [5.41, 5.74) is 0.627. The van der Waals surface area contributed by atoms with Crippen molar-refractivity contribution in [2.24, 2.45) is 0 Å². The minimum absolute atomic E-state index is 0.0332. The molecular formula is C50H60F6N6O6. The number of nitrogens with zero attached hydrogens (tertiary/aromatic N) is 6. The van der Waals surface area contributed by atoms with Crippen LogP contribution in [0.15, 0.2) is 60.7 Å². The highest BCUT2D eigenvalue weighted by atomic mass is 19.4. The van der Waals surface area contributed by atoms with Gasteiger partial charge in [-0.25, -0.2) is 0 Å². The molecule has 6 heterocycles. The molecule has 1 saturated carbocycles. The molecule has 0 atom stereocenters. The molecule has 5 aliphatic rings. The van der Waals surface area contributed by atoms with Crippen molar-refractivity contribution in [1.29, 1.82) is 0 Å². The summed E-state index contributed by atoms with van der Waals surface area (Å²) in [5.74, 6) is 1.52. The van der Waals surface area contributed by atoms with Crippen molar-refractivity contribution in [3.05, 3.63) is 100 Å². The lowest BCUT2D eigenvalue weighted by atomic mass is 9.80. The van der Waals surface area contributed by atoms with Crippen molar-refractivity contribution in [2.45, 2.75) is 128 Å². The van der Waals surface area contributed by atoms with E-state index in [-0.39, 0.29) is 37.1 Å². The average Bonchev–Trinajstić information content (AvgIpc) is 3.84. The molecule has 18 heteroatoms. The second kappa shape index (κ2) is 18.7. The van der Waals surface area contributed by atoms with E-state index in [1.165, 1.54) is 28.4 Å². The summed E-state index contributed by atoms with van der Waals surface area (Å²) >= 11 is 0. The standard InChI is InChI=1S/C26H32F3N3O2.C24H28F3N3O4/c1-17(2)34-21-7-4-19(16-18(21)3)24(33)30-12-10-25(11-13-30)22-8-9-23(26(27,28)29)31(22)14-15-32(25)20-5-6-20;1-16(2)34-18-5-4-17(14-19(18)33-3)22(32)28-10-8-23(9-11-28)20-6-7-21(24(25,26)27)30(20)13-12-29(23)15-31/h4,7-9,16-17,20H,5-6,10-15H2,1-3H3;4-7,14-16H,8-13H2,1-3H3. The molecule has 4 aromatic rings. The number of piperidine rings is 2. The number of halogens is 6. The quantitative estimate of drug-likeness (QED) is 0.122. The Hall–Kier alpha value is -5.65. The Kier molecular flexibility index (Phi) is 13.4. The van der Waals surface area contributed by atoms with Gasteiger partial charge in [0.15, 0.2) is 11.5 Å². The maximum Gasteiger partial charge on any atom is 0.431 e. The van der Waals surface area contributed by atoms with Gasteiger partial charge in [0.05, 0.1) is 30.4 Å². The fourth-order valence-electron chi connectivity index (χ4n) is 10.9. The Bertz CT molecular complexity index is 2490. The van der Waals surface area contributed by atoms with Crippen LogP contribution in [-0.2, 0) is 41.3 Å². The first-order valence-electron chi connectivity index (χ1n) is 23.4. The van der Waals surface area contributed by atoms with E-state index in [0.29, 0.717) is 106 Å². The van der Waals surface area contributed by atoms with Gasteiger partial charge in [-0.3, -0.25) is 19.3 Å². The van der Waals surface area contributed by atoms with Crippen LogP contribution in [-0.4, -0.2) is 112 Å². The van der Waals surface area contributed by atoms with Crippen LogP contribution in [0.2, 0.25) is 0 Å². The Labute approximate surface area is 392 Å². The molecule has 2 saturated heterocycles. The van der Waals surface area contributed by atoms with Crippen LogP contribution in [0.25, 0.3) is 0 Å². The number of hydrogen-bond donors (Lipinski definition) is 0. The first kappa shape index (κ1) is 48.8. The van der Waals surface area contributed by atoms with Gasteiger partial charge >= 0.3 is 12.4 Å². The van der Waals surface area contributed by atoms with Gasteiger partial charge in [0.25, 0.3) is 11.8 Å². The van der Waals surface area contributed by atoms with Gasteiger partial charge in [-0.15, -0.1) is 0 Å². The summed E-state index contributed by atoms with van der Waals surface area (Å²) < 4.78 is 101. The van der Waals surface area contributed by atoms with Crippen LogP contribution in [0.4, 0.5) is 26.3 Å². The summed E-state index contributed by atoms with van der Waals surface area (Å²) in [6.45, 7) is 12.6. The van der Waals surface area contributed by atoms with Crippen LogP contribution < -0.4 is 14.2 Å². The van der Waals surface area contributed by atoms with Crippen molar-refractivity contribution in [2.75, 3.05) is 46.4 Å². The van der Waals surface area contributed by atoms with E-state index < -0.39 is 34.8 Å². The van der Waals surface area contributed by atoms with Crippen LogP contribution in [0.3, 0.4) is 0 Å². The summed E-state index contributed by atoms with van der Waals surface area (Å²) in [4.78, 5) is 45.9. The average molecular weight is 955 g/mol. The highest BCUT2D eigenvalue weighted by molar-refractivity contribution is 5.95. The van der Waals surface area contributed by atoms with E-state index in [4.69, 9.17) is 14.2 Å². The minimum Gasteiger partial charge on any atom is -0.493 e. The van der Waals surface area contributed by atoms with E-state index in [1.807, 2.05) is 51.7 Å². The summed E-state index contributed by atoms with van der Waals surface area (Å²) in [6, 6.07) is 16.4. The fraction of sp³-hybridized carbons (Fsp3) is 0.540. The molecule has 0 bridgehead atoms. The number of likely N-dealkylation sites (tertiary alicyclic amines) is 2. The van der Waals surface area contributed by atoms with Crippen LogP contribution in [0.5, 0.6) is 17.2 Å². The monoisotopic (exact) mass is 954 g/mol. The second-order valence-corrected chi connectivity index (χ2v) is 19.1. The number of fused-ring (bicyclic) bond motifs is 4. The number of carbonyl (C=O) groups is 3. The molecule has 0 N–H and O–H groups in total. The van der Waals surface area contributed by atoms with Crippen molar-refractivity contribution >= 4 is 18.2 Å². The summed E-state index contributed by atoms with van der Waals surface area (Å²) in [6.07, 6.45) is -3.93. The number of ether oxygens (including phenoxy) is 3. The zero-order valence-electron chi connectivity index (χ0n) is 39.4. The zero-order chi connectivity index (χ0) is 48.9. The lowest BCUT2D eigenvalue weighted by molar-refractivity contribution is -0.146. The molecule has 4 aliphatic heterocycles. The first-order chi connectivity index (χ1) is 32.2. The first-order valence-corrected chi connectivity index (χ1v) is 23.4.